The summed E-state index contributed by atoms with van der Waals surface area (Å²) in [6, 6.07) is 11.2. The van der Waals surface area contributed by atoms with Gasteiger partial charge in [-0.3, -0.25) is 10.1 Å². The molecule has 0 aliphatic rings. The molecule has 0 atom stereocenters. The van der Waals surface area contributed by atoms with Crippen molar-refractivity contribution in [2.75, 3.05) is 11.1 Å². The Morgan fingerprint density at radius 3 is 2.55 bits per heavy atom. The maximum absolute atomic E-state index is 12.2. The minimum Gasteiger partial charge on any atom is -0.408 e. The van der Waals surface area contributed by atoms with E-state index in [0.29, 0.717) is 17.1 Å². The zero-order valence-corrected chi connectivity index (χ0v) is 10.8. The molecule has 0 fully saturated rings. The maximum atomic E-state index is 12.2. The van der Waals surface area contributed by atoms with Crippen LogP contribution in [0.3, 0.4) is 0 Å². The molecule has 6 heteroatoms. The molecule has 6 nitrogen and oxygen atoms in total. The number of carbonyl (C=O) groups is 1. The van der Waals surface area contributed by atoms with Gasteiger partial charge in [-0.05, 0) is 22.9 Å². The van der Waals surface area contributed by atoms with Crippen molar-refractivity contribution in [3.8, 4) is 0 Å². The Morgan fingerprint density at radius 2 is 1.90 bits per heavy atom. The Labute approximate surface area is 114 Å². The van der Waals surface area contributed by atoms with Gasteiger partial charge in [0.15, 0.2) is 0 Å². The zero-order chi connectivity index (χ0) is 14.1. The van der Waals surface area contributed by atoms with E-state index in [1.165, 1.54) is 0 Å². The molecule has 0 saturated heterocycles. The van der Waals surface area contributed by atoms with Crippen molar-refractivity contribution >= 4 is 28.4 Å². The fourth-order valence-corrected chi connectivity index (χ4v) is 1.97. The number of amides is 1. The van der Waals surface area contributed by atoms with Gasteiger partial charge in [-0.15, -0.1) is 5.10 Å². The number of rotatable bonds is 2. The fraction of sp³-hybridized carbons (Fsp3) is 0.0714. The van der Waals surface area contributed by atoms with Gasteiger partial charge in [0.25, 0.3) is 5.91 Å². The summed E-state index contributed by atoms with van der Waals surface area (Å²) < 4.78 is 5.11. The van der Waals surface area contributed by atoms with Gasteiger partial charge in [-0.1, -0.05) is 29.4 Å². The molecule has 3 aromatic rings. The molecule has 0 spiro atoms. The van der Waals surface area contributed by atoms with Gasteiger partial charge in [-0.2, -0.15) is 0 Å². The molecule has 0 aliphatic carbocycles. The molecular formula is C14H12N4O2. The number of nitrogens with one attached hydrogen (secondary N) is 1. The first-order chi connectivity index (χ1) is 9.63. The second-order valence-corrected chi connectivity index (χ2v) is 4.37. The lowest BCUT2D eigenvalue weighted by Crippen LogP contribution is -2.14. The number of anilines is 2. The van der Waals surface area contributed by atoms with Crippen LogP contribution in [-0.4, -0.2) is 16.1 Å². The van der Waals surface area contributed by atoms with Gasteiger partial charge in [0.05, 0.1) is 5.56 Å². The highest BCUT2D eigenvalue weighted by Gasteiger charge is 2.14. The average Bonchev–Trinajstić information content (AvgIpc) is 2.83. The quantitative estimate of drug-likeness (QED) is 0.696. The van der Waals surface area contributed by atoms with E-state index in [4.69, 9.17) is 10.2 Å². The first kappa shape index (κ1) is 12.2. The largest absolute Gasteiger partial charge is 0.408 e. The van der Waals surface area contributed by atoms with E-state index in [0.717, 1.165) is 10.8 Å². The van der Waals surface area contributed by atoms with Crippen LogP contribution in [0.4, 0.5) is 11.7 Å². The van der Waals surface area contributed by atoms with Crippen LogP contribution in [0, 0.1) is 6.92 Å². The molecule has 0 bridgehead atoms. The van der Waals surface area contributed by atoms with Gasteiger partial charge in [-0.25, -0.2) is 0 Å². The maximum Gasteiger partial charge on any atom is 0.322 e. The van der Waals surface area contributed by atoms with E-state index in [1.807, 2.05) is 24.3 Å². The molecular weight excluding hydrogens is 256 g/mol. The summed E-state index contributed by atoms with van der Waals surface area (Å²) in [5.74, 6) is 0.00341. The van der Waals surface area contributed by atoms with Crippen LogP contribution in [0.2, 0.25) is 0 Å². The first-order valence-electron chi connectivity index (χ1n) is 6.03. The van der Waals surface area contributed by atoms with Crippen LogP contribution < -0.4 is 11.1 Å². The number of nitrogens with zero attached hydrogens (tertiary/aromatic N) is 2. The molecule has 1 aromatic heterocycles. The van der Waals surface area contributed by atoms with Gasteiger partial charge in [0, 0.05) is 12.6 Å². The summed E-state index contributed by atoms with van der Waals surface area (Å²) in [7, 11) is 0. The number of hydrogen-bond acceptors (Lipinski definition) is 5. The predicted octanol–water partition coefficient (Wildman–Crippen LogP) is 2.37. The van der Waals surface area contributed by atoms with Crippen molar-refractivity contribution in [2.24, 2.45) is 0 Å². The summed E-state index contributed by atoms with van der Waals surface area (Å²) >= 11 is 0. The van der Waals surface area contributed by atoms with Gasteiger partial charge >= 0.3 is 6.01 Å². The highest BCUT2D eigenvalue weighted by Crippen LogP contribution is 2.22. The normalized spacial score (nSPS) is 10.7. The smallest absolute Gasteiger partial charge is 0.322 e. The number of hydrogen-bond donors (Lipinski definition) is 2. The summed E-state index contributed by atoms with van der Waals surface area (Å²) in [5.41, 5.74) is 6.69. The molecule has 100 valence electrons. The Balaban J connectivity index is 1.96. The van der Waals surface area contributed by atoms with Gasteiger partial charge in [0.2, 0.25) is 5.89 Å². The van der Waals surface area contributed by atoms with Gasteiger partial charge < -0.3 is 10.2 Å². The van der Waals surface area contributed by atoms with Gasteiger partial charge in [0.1, 0.15) is 0 Å². The van der Waals surface area contributed by atoms with Crippen molar-refractivity contribution in [1.82, 2.24) is 10.2 Å². The summed E-state index contributed by atoms with van der Waals surface area (Å²) in [6.07, 6.45) is 0. The van der Waals surface area contributed by atoms with Crippen LogP contribution in [0.25, 0.3) is 10.8 Å². The molecule has 20 heavy (non-hydrogen) atoms. The lowest BCUT2D eigenvalue weighted by atomic mass is 10.0. The van der Waals surface area contributed by atoms with Crippen molar-refractivity contribution < 1.29 is 9.21 Å². The van der Waals surface area contributed by atoms with Crippen LogP contribution in [0.5, 0.6) is 0 Å². The predicted molar refractivity (Wildman–Crippen MR) is 75.3 cm³/mol. The Hall–Kier alpha value is -2.89. The lowest BCUT2D eigenvalue weighted by Gasteiger charge is -2.07. The molecule has 0 aliphatic heterocycles. The standard InChI is InChI=1S/C14H12N4O2/c1-8-17-18-14(20-8)16-13(19)11-6-9-4-2-3-5-10(9)7-12(11)15/h2-7H,15H2,1H3,(H,16,18,19). The molecule has 0 radical (unpaired) electrons. The minimum atomic E-state index is -0.378. The molecule has 3 N–H and O–H groups in total. The van der Waals surface area contributed by atoms with Crippen LogP contribution in [0.1, 0.15) is 16.2 Å². The number of aryl methyl sites for hydroxylation is 1. The number of carbonyl (C=O) groups excluding carboxylic acids is 1. The molecule has 1 heterocycles. The first-order valence-corrected chi connectivity index (χ1v) is 6.03. The van der Waals surface area contributed by atoms with E-state index in [-0.39, 0.29) is 11.9 Å². The number of nitrogens with two attached hydrogens (primary N) is 1. The summed E-state index contributed by atoms with van der Waals surface area (Å²) in [5, 5.41) is 11.8. The minimum absolute atomic E-state index is 0.0556. The number of fused-ring (bicyclic) bond motifs is 1. The highest BCUT2D eigenvalue weighted by molar-refractivity contribution is 6.09. The van der Waals surface area contributed by atoms with Crippen LogP contribution in [-0.2, 0) is 0 Å². The van der Waals surface area contributed by atoms with Crippen molar-refractivity contribution in [3.05, 3.63) is 47.9 Å². The topological polar surface area (TPSA) is 94.0 Å². The fourth-order valence-electron chi connectivity index (χ4n) is 1.97. The second-order valence-electron chi connectivity index (χ2n) is 4.37. The Kier molecular flexibility index (Phi) is 2.83. The molecule has 0 saturated carbocycles. The number of nitrogen functional groups attached to an aromatic ring is 1. The SMILES string of the molecule is Cc1nnc(NC(=O)c2cc3ccccc3cc2N)o1. The Morgan fingerprint density at radius 1 is 1.20 bits per heavy atom. The van der Waals surface area contributed by atoms with E-state index in [2.05, 4.69) is 15.5 Å². The Bertz CT molecular complexity index is 795. The molecule has 3 rings (SSSR count). The van der Waals surface area contributed by atoms with E-state index in [1.54, 1.807) is 19.1 Å². The number of benzene rings is 2. The summed E-state index contributed by atoms with van der Waals surface area (Å²) in [6.45, 7) is 1.65. The third-order valence-corrected chi connectivity index (χ3v) is 2.91. The molecule has 0 unspecified atom stereocenters. The zero-order valence-electron chi connectivity index (χ0n) is 10.8. The molecule has 1 amide bonds. The van der Waals surface area contributed by atoms with Crippen LogP contribution in [0.15, 0.2) is 40.8 Å². The van der Waals surface area contributed by atoms with E-state index >= 15 is 0 Å². The van der Waals surface area contributed by atoms with Crippen molar-refractivity contribution in [1.29, 1.82) is 0 Å². The van der Waals surface area contributed by atoms with Crippen LogP contribution >= 0.6 is 0 Å². The van der Waals surface area contributed by atoms with Crippen molar-refractivity contribution in [2.45, 2.75) is 6.92 Å². The van der Waals surface area contributed by atoms with Crippen molar-refractivity contribution in [3.63, 3.8) is 0 Å². The third kappa shape index (κ3) is 2.18. The highest BCUT2D eigenvalue weighted by atomic mass is 16.4. The average molecular weight is 268 g/mol. The third-order valence-electron chi connectivity index (χ3n) is 2.91. The second kappa shape index (κ2) is 4.65. The van der Waals surface area contributed by atoms with E-state index in [9.17, 15) is 4.79 Å². The lowest BCUT2D eigenvalue weighted by molar-refractivity contribution is 0.102. The summed E-state index contributed by atoms with van der Waals surface area (Å²) in [4.78, 5) is 12.2. The van der Waals surface area contributed by atoms with E-state index < -0.39 is 0 Å². The molecule has 2 aromatic carbocycles. The monoisotopic (exact) mass is 268 g/mol. The number of aromatic nitrogens is 2.